The second-order valence-electron chi connectivity index (χ2n) is 5.02. The Balaban J connectivity index is 0.00000180. The lowest BCUT2D eigenvalue weighted by molar-refractivity contribution is 0.265. The molecule has 0 saturated heterocycles. The van der Waals surface area contributed by atoms with Crippen LogP contribution in [0.1, 0.15) is 30.0 Å². The summed E-state index contributed by atoms with van der Waals surface area (Å²) in [5, 5.41) is 0. The second kappa shape index (κ2) is 7.32. The van der Waals surface area contributed by atoms with Gasteiger partial charge >= 0.3 is 0 Å². The van der Waals surface area contributed by atoms with Gasteiger partial charge in [0.25, 0.3) is 0 Å². The van der Waals surface area contributed by atoms with Gasteiger partial charge in [0, 0.05) is 12.0 Å². The average Bonchev–Trinajstić information content (AvgIpc) is 2.40. The highest BCUT2D eigenvalue weighted by Gasteiger charge is 2.22. The standard InChI is InChI=1S/C17H21N.ClH/c1-14(15-10-6-4-7-11-15)17(18(2)3)16-12-8-5-9-13-16;/h4-14,17H,1-3H3;1H. The van der Waals surface area contributed by atoms with Crippen LogP contribution in [0.25, 0.3) is 0 Å². The molecule has 19 heavy (non-hydrogen) atoms. The molecule has 102 valence electrons. The summed E-state index contributed by atoms with van der Waals surface area (Å²) in [6, 6.07) is 21.9. The summed E-state index contributed by atoms with van der Waals surface area (Å²) in [7, 11) is 4.30. The number of nitrogens with zero attached hydrogens (tertiary/aromatic N) is 1. The van der Waals surface area contributed by atoms with Crippen molar-refractivity contribution in [1.29, 1.82) is 0 Å². The maximum absolute atomic E-state index is 2.30. The van der Waals surface area contributed by atoms with E-state index in [9.17, 15) is 0 Å². The molecule has 0 heterocycles. The van der Waals surface area contributed by atoms with Crippen LogP contribution in [0.15, 0.2) is 60.7 Å². The third kappa shape index (κ3) is 3.82. The van der Waals surface area contributed by atoms with Gasteiger partial charge in [-0.05, 0) is 25.2 Å². The molecule has 0 fully saturated rings. The van der Waals surface area contributed by atoms with Crippen LogP contribution in [0.5, 0.6) is 0 Å². The zero-order valence-corrected chi connectivity index (χ0v) is 12.6. The smallest absolute Gasteiger partial charge is 0.0407 e. The molecule has 0 radical (unpaired) electrons. The van der Waals surface area contributed by atoms with Crippen LogP contribution in [-0.4, -0.2) is 19.0 Å². The molecule has 0 aliphatic heterocycles. The molecule has 0 amide bonds. The van der Waals surface area contributed by atoms with Gasteiger partial charge in [-0.1, -0.05) is 67.6 Å². The van der Waals surface area contributed by atoms with Gasteiger partial charge in [-0.2, -0.15) is 0 Å². The quantitative estimate of drug-likeness (QED) is 0.793. The number of likely N-dealkylation sites (N-methyl/N-ethyl adjacent to an activating group) is 1. The maximum atomic E-state index is 2.30. The van der Waals surface area contributed by atoms with Gasteiger partial charge in [0.1, 0.15) is 0 Å². The fraction of sp³-hybridized carbons (Fsp3) is 0.294. The van der Waals surface area contributed by atoms with Crippen LogP contribution in [-0.2, 0) is 0 Å². The number of halogens is 1. The minimum absolute atomic E-state index is 0. The van der Waals surface area contributed by atoms with Crippen LogP contribution in [0.4, 0.5) is 0 Å². The molecule has 0 bridgehead atoms. The zero-order valence-electron chi connectivity index (χ0n) is 11.8. The van der Waals surface area contributed by atoms with E-state index in [0.29, 0.717) is 12.0 Å². The summed E-state index contributed by atoms with van der Waals surface area (Å²) in [5.41, 5.74) is 2.76. The number of hydrogen-bond donors (Lipinski definition) is 0. The van der Waals surface area contributed by atoms with E-state index in [0.717, 1.165) is 0 Å². The van der Waals surface area contributed by atoms with Crippen molar-refractivity contribution in [3.05, 3.63) is 71.8 Å². The first-order valence-corrected chi connectivity index (χ1v) is 6.46. The molecule has 0 saturated carbocycles. The third-order valence-corrected chi connectivity index (χ3v) is 3.50. The Labute approximate surface area is 122 Å². The van der Waals surface area contributed by atoms with Crippen molar-refractivity contribution in [1.82, 2.24) is 4.90 Å². The van der Waals surface area contributed by atoms with Gasteiger partial charge in [-0.25, -0.2) is 0 Å². The van der Waals surface area contributed by atoms with Gasteiger partial charge in [-0.3, -0.25) is 0 Å². The monoisotopic (exact) mass is 275 g/mol. The van der Waals surface area contributed by atoms with Gasteiger partial charge in [-0.15, -0.1) is 12.4 Å². The van der Waals surface area contributed by atoms with Gasteiger partial charge < -0.3 is 4.90 Å². The molecule has 0 aliphatic rings. The van der Waals surface area contributed by atoms with E-state index in [-0.39, 0.29) is 12.4 Å². The van der Waals surface area contributed by atoms with Gasteiger partial charge in [0.05, 0.1) is 0 Å². The third-order valence-electron chi connectivity index (χ3n) is 3.50. The first-order valence-electron chi connectivity index (χ1n) is 6.46. The van der Waals surface area contributed by atoms with Crippen molar-refractivity contribution in [2.24, 2.45) is 0 Å². The molecule has 0 aliphatic carbocycles. The lowest BCUT2D eigenvalue weighted by Gasteiger charge is -2.31. The lowest BCUT2D eigenvalue weighted by Crippen LogP contribution is -2.24. The van der Waals surface area contributed by atoms with E-state index in [1.165, 1.54) is 11.1 Å². The molecule has 2 unspecified atom stereocenters. The topological polar surface area (TPSA) is 3.24 Å². The fourth-order valence-electron chi connectivity index (χ4n) is 2.62. The summed E-state index contributed by atoms with van der Waals surface area (Å²) in [6.07, 6.45) is 0. The Kier molecular flexibility index (Phi) is 6.07. The van der Waals surface area contributed by atoms with E-state index in [4.69, 9.17) is 0 Å². The second-order valence-corrected chi connectivity index (χ2v) is 5.02. The SMILES string of the molecule is CC(c1ccccc1)C(c1ccccc1)N(C)C.Cl. The first kappa shape index (κ1) is 15.7. The highest BCUT2D eigenvalue weighted by Crippen LogP contribution is 2.33. The highest BCUT2D eigenvalue weighted by molar-refractivity contribution is 5.85. The Morgan fingerprint density at radius 1 is 0.737 bits per heavy atom. The zero-order chi connectivity index (χ0) is 13.0. The molecule has 2 rings (SSSR count). The molecule has 0 N–H and O–H groups in total. The van der Waals surface area contributed by atoms with Crippen molar-refractivity contribution < 1.29 is 0 Å². The van der Waals surface area contributed by atoms with Crippen LogP contribution >= 0.6 is 12.4 Å². The van der Waals surface area contributed by atoms with E-state index in [1.807, 2.05) is 0 Å². The number of rotatable bonds is 4. The molecule has 2 aromatic rings. The summed E-state index contributed by atoms with van der Waals surface area (Å²) >= 11 is 0. The summed E-state index contributed by atoms with van der Waals surface area (Å²) in [5.74, 6) is 0.476. The van der Waals surface area contributed by atoms with E-state index in [1.54, 1.807) is 0 Å². The number of hydrogen-bond acceptors (Lipinski definition) is 1. The summed E-state index contributed by atoms with van der Waals surface area (Å²) < 4.78 is 0. The average molecular weight is 276 g/mol. The minimum atomic E-state index is 0. The predicted molar refractivity (Wildman–Crippen MR) is 85.0 cm³/mol. The van der Waals surface area contributed by atoms with Crippen LogP contribution in [0.2, 0.25) is 0 Å². The first-order chi connectivity index (χ1) is 8.70. The van der Waals surface area contributed by atoms with E-state index < -0.39 is 0 Å². The molecule has 0 aromatic heterocycles. The molecule has 1 nitrogen and oxygen atoms in total. The Morgan fingerprint density at radius 3 is 1.58 bits per heavy atom. The van der Waals surface area contributed by atoms with Crippen LogP contribution in [0.3, 0.4) is 0 Å². The predicted octanol–water partition coefficient (Wildman–Crippen LogP) is 4.51. The lowest BCUT2D eigenvalue weighted by atomic mass is 9.88. The highest BCUT2D eigenvalue weighted by atomic mass is 35.5. The Morgan fingerprint density at radius 2 is 1.16 bits per heavy atom. The summed E-state index contributed by atoms with van der Waals surface area (Å²) in [4.78, 5) is 2.30. The maximum Gasteiger partial charge on any atom is 0.0407 e. The van der Waals surface area contributed by atoms with Crippen molar-refractivity contribution in [3.63, 3.8) is 0 Å². The molecule has 0 spiro atoms. The van der Waals surface area contributed by atoms with Crippen molar-refractivity contribution in [3.8, 4) is 0 Å². The molecular formula is C17H22ClN. The van der Waals surface area contributed by atoms with E-state index >= 15 is 0 Å². The number of benzene rings is 2. The minimum Gasteiger partial charge on any atom is -0.302 e. The molecular weight excluding hydrogens is 254 g/mol. The van der Waals surface area contributed by atoms with Crippen molar-refractivity contribution >= 4 is 12.4 Å². The van der Waals surface area contributed by atoms with Crippen LogP contribution in [0, 0.1) is 0 Å². The van der Waals surface area contributed by atoms with Crippen molar-refractivity contribution in [2.75, 3.05) is 14.1 Å². The molecule has 2 heteroatoms. The normalized spacial score (nSPS) is 13.7. The Bertz CT molecular complexity index is 467. The Hall–Kier alpha value is -1.31. The van der Waals surface area contributed by atoms with E-state index in [2.05, 4.69) is 86.6 Å². The van der Waals surface area contributed by atoms with Gasteiger partial charge in [0.15, 0.2) is 0 Å². The summed E-state index contributed by atoms with van der Waals surface area (Å²) in [6.45, 7) is 2.30. The molecule has 2 atom stereocenters. The fourth-order valence-corrected chi connectivity index (χ4v) is 2.62. The van der Waals surface area contributed by atoms with Crippen LogP contribution < -0.4 is 0 Å². The largest absolute Gasteiger partial charge is 0.302 e. The molecule has 2 aromatic carbocycles. The van der Waals surface area contributed by atoms with Crippen molar-refractivity contribution in [2.45, 2.75) is 18.9 Å². The van der Waals surface area contributed by atoms with Gasteiger partial charge in [0.2, 0.25) is 0 Å².